The number of anilines is 1. The second-order valence-corrected chi connectivity index (χ2v) is 7.26. The molecule has 4 rings (SSSR count). The van der Waals surface area contributed by atoms with Crippen LogP contribution in [0, 0.1) is 6.92 Å². The molecule has 26 heavy (non-hydrogen) atoms. The first kappa shape index (κ1) is 16.9. The van der Waals surface area contributed by atoms with E-state index >= 15 is 0 Å². The minimum absolute atomic E-state index is 0.209. The minimum atomic E-state index is -0.209. The van der Waals surface area contributed by atoms with Gasteiger partial charge in [-0.2, -0.15) is 0 Å². The van der Waals surface area contributed by atoms with Crippen LogP contribution in [0.25, 0.3) is 11.1 Å². The van der Waals surface area contributed by atoms with E-state index < -0.39 is 0 Å². The lowest BCUT2D eigenvalue weighted by atomic mass is 9.88. The third-order valence-electron chi connectivity index (χ3n) is 5.28. The molecule has 0 aromatic heterocycles. The molecule has 1 atom stereocenters. The van der Waals surface area contributed by atoms with E-state index in [1.807, 2.05) is 0 Å². The number of aliphatic hydroxyl groups excluding tert-OH is 1. The summed E-state index contributed by atoms with van der Waals surface area (Å²) in [6.45, 7) is 2.90. The Kier molecular flexibility index (Phi) is 4.77. The summed E-state index contributed by atoms with van der Waals surface area (Å²) in [6, 6.07) is 23.8. The van der Waals surface area contributed by atoms with Crippen LogP contribution in [-0.2, 0) is 19.4 Å². The van der Waals surface area contributed by atoms with Gasteiger partial charge in [0.15, 0.2) is 0 Å². The maximum absolute atomic E-state index is 9.99. The summed E-state index contributed by atoms with van der Waals surface area (Å²) in [7, 11) is 0. The molecule has 0 heterocycles. The number of benzene rings is 3. The Hall–Kier alpha value is -2.58. The molecule has 0 bridgehead atoms. The zero-order valence-electron chi connectivity index (χ0n) is 15.2. The number of fused-ring (bicyclic) bond motifs is 1. The number of rotatable bonds is 4. The third kappa shape index (κ3) is 3.66. The molecule has 2 heteroatoms. The van der Waals surface area contributed by atoms with Crippen molar-refractivity contribution in [3.05, 3.63) is 89.0 Å². The van der Waals surface area contributed by atoms with Gasteiger partial charge < -0.3 is 10.4 Å². The maximum atomic E-state index is 9.99. The van der Waals surface area contributed by atoms with E-state index in [9.17, 15) is 5.11 Å². The van der Waals surface area contributed by atoms with E-state index in [4.69, 9.17) is 0 Å². The Bertz CT molecular complexity index is 881. The van der Waals surface area contributed by atoms with Crippen LogP contribution in [0.3, 0.4) is 0 Å². The van der Waals surface area contributed by atoms with Gasteiger partial charge in [-0.15, -0.1) is 0 Å². The van der Waals surface area contributed by atoms with Crippen LogP contribution in [0.2, 0.25) is 0 Å². The van der Waals surface area contributed by atoms with Crippen molar-refractivity contribution in [3.63, 3.8) is 0 Å². The SMILES string of the molecule is Cc1ccc(-c2ccc(CNc3cccc4c3CC(O)CC4)cc2)cc1. The highest BCUT2D eigenvalue weighted by atomic mass is 16.3. The molecule has 132 valence electrons. The molecule has 0 radical (unpaired) electrons. The van der Waals surface area contributed by atoms with Gasteiger partial charge in [0, 0.05) is 18.7 Å². The summed E-state index contributed by atoms with van der Waals surface area (Å²) < 4.78 is 0. The Morgan fingerprint density at radius 3 is 2.35 bits per heavy atom. The van der Waals surface area contributed by atoms with Gasteiger partial charge in [0.25, 0.3) is 0 Å². The third-order valence-corrected chi connectivity index (χ3v) is 5.28. The van der Waals surface area contributed by atoms with Gasteiger partial charge in [-0.25, -0.2) is 0 Å². The molecule has 2 N–H and O–H groups in total. The van der Waals surface area contributed by atoms with Crippen LogP contribution >= 0.6 is 0 Å². The van der Waals surface area contributed by atoms with Gasteiger partial charge >= 0.3 is 0 Å². The molecule has 0 saturated heterocycles. The lowest BCUT2D eigenvalue weighted by molar-refractivity contribution is 0.159. The summed E-state index contributed by atoms with van der Waals surface area (Å²) in [5.41, 5.74) is 8.84. The molecule has 3 aromatic carbocycles. The number of hydrogen-bond donors (Lipinski definition) is 2. The van der Waals surface area contributed by atoms with Gasteiger partial charge in [0.2, 0.25) is 0 Å². The van der Waals surface area contributed by atoms with Crippen LogP contribution in [0.15, 0.2) is 66.7 Å². The lowest BCUT2D eigenvalue weighted by Gasteiger charge is -2.23. The van der Waals surface area contributed by atoms with Crippen LogP contribution in [0.5, 0.6) is 0 Å². The molecule has 0 saturated carbocycles. The summed E-state index contributed by atoms with van der Waals surface area (Å²) in [5.74, 6) is 0. The molecular weight excluding hydrogens is 318 g/mol. The standard InChI is InChI=1S/C24H25NO/c1-17-5-9-19(10-6-17)20-11-7-18(8-12-20)16-25-24-4-2-3-21-13-14-22(26)15-23(21)24/h2-12,22,25-26H,13-16H2,1H3. The van der Waals surface area contributed by atoms with Crippen molar-refractivity contribution >= 4 is 5.69 Å². The maximum Gasteiger partial charge on any atom is 0.0584 e. The van der Waals surface area contributed by atoms with Crippen molar-refractivity contribution in [2.24, 2.45) is 0 Å². The van der Waals surface area contributed by atoms with Crippen molar-refractivity contribution in [2.45, 2.75) is 38.8 Å². The van der Waals surface area contributed by atoms with Crippen LogP contribution in [0.1, 0.15) is 28.7 Å². The van der Waals surface area contributed by atoms with Crippen LogP contribution < -0.4 is 5.32 Å². The molecule has 0 spiro atoms. The second-order valence-electron chi connectivity index (χ2n) is 7.26. The predicted octanol–water partition coefficient (Wildman–Crippen LogP) is 5.12. The highest BCUT2D eigenvalue weighted by Gasteiger charge is 2.18. The largest absolute Gasteiger partial charge is 0.393 e. The topological polar surface area (TPSA) is 32.3 Å². The minimum Gasteiger partial charge on any atom is -0.393 e. The van der Waals surface area contributed by atoms with Gasteiger partial charge in [-0.3, -0.25) is 0 Å². The average Bonchev–Trinajstić information content (AvgIpc) is 2.67. The smallest absolute Gasteiger partial charge is 0.0584 e. The number of hydrogen-bond acceptors (Lipinski definition) is 2. The van der Waals surface area contributed by atoms with Gasteiger partial charge in [-0.1, -0.05) is 66.2 Å². The molecule has 0 fully saturated rings. The lowest BCUT2D eigenvalue weighted by Crippen LogP contribution is -2.20. The van der Waals surface area contributed by atoms with Crippen LogP contribution in [0.4, 0.5) is 5.69 Å². The molecule has 0 amide bonds. The Morgan fingerprint density at radius 1 is 0.923 bits per heavy atom. The summed E-state index contributed by atoms with van der Waals surface area (Å²) in [5, 5.41) is 13.6. The van der Waals surface area contributed by atoms with E-state index in [0.29, 0.717) is 0 Å². The van der Waals surface area contributed by atoms with E-state index in [1.165, 1.54) is 33.4 Å². The fourth-order valence-corrected chi connectivity index (χ4v) is 3.69. The first-order chi connectivity index (χ1) is 12.7. The van der Waals surface area contributed by atoms with E-state index in [0.717, 1.165) is 31.5 Å². The second kappa shape index (κ2) is 7.35. The van der Waals surface area contributed by atoms with E-state index in [1.54, 1.807) is 0 Å². The number of aliphatic hydroxyl groups is 1. The van der Waals surface area contributed by atoms with Crippen molar-refractivity contribution in [2.75, 3.05) is 5.32 Å². The van der Waals surface area contributed by atoms with Crippen molar-refractivity contribution in [3.8, 4) is 11.1 Å². The molecule has 0 aliphatic heterocycles. The summed E-state index contributed by atoms with van der Waals surface area (Å²) in [4.78, 5) is 0. The Labute approximate surface area is 155 Å². The van der Waals surface area contributed by atoms with Crippen molar-refractivity contribution < 1.29 is 5.11 Å². The zero-order valence-corrected chi connectivity index (χ0v) is 15.2. The predicted molar refractivity (Wildman–Crippen MR) is 108 cm³/mol. The van der Waals surface area contributed by atoms with Gasteiger partial charge in [-0.05, 0) is 53.6 Å². The monoisotopic (exact) mass is 343 g/mol. The van der Waals surface area contributed by atoms with Gasteiger partial charge in [0.1, 0.15) is 0 Å². The van der Waals surface area contributed by atoms with E-state index in [-0.39, 0.29) is 6.10 Å². The fourth-order valence-electron chi connectivity index (χ4n) is 3.69. The zero-order chi connectivity index (χ0) is 17.9. The average molecular weight is 343 g/mol. The highest BCUT2D eigenvalue weighted by molar-refractivity contribution is 5.64. The molecule has 2 nitrogen and oxygen atoms in total. The van der Waals surface area contributed by atoms with E-state index in [2.05, 4.69) is 79.0 Å². The van der Waals surface area contributed by atoms with Crippen molar-refractivity contribution in [1.29, 1.82) is 0 Å². The molecular formula is C24H25NO. The number of aryl methyl sites for hydroxylation is 2. The van der Waals surface area contributed by atoms with Crippen molar-refractivity contribution in [1.82, 2.24) is 0 Å². The molecule has 3 aromatic rings. The highest BCUT2D eigenvalue weighted by Crippen LogP contribution is 2.28. The number of nitrogens with one attached hydrogen (secondary N) is 1. The molecule has 1 aliphatic carbocycles. The first-order valence-electron chi connectivity index (χ1n) is 9.38. The first-order valence-corrected chi connectivity index (χ1v) is 9.38. The fraction of sp³-hybridized carbons (Fsp3) is 0.250. The molecule has 1 aliphatic rings. The molecule has 1 unspecified atom stereocenters. The summed E-state index contributed by atoms with van der Waals surface area (Å²) in [6.07, 6.45) is 2.39. The Balaban J connectivity index is 1.46. The van der Waals surface area contributed by atoms with Gasteiger partial charge in [0.05, 0.1) is 6.10 Å². The quantitative estimate of drug-likeness (QED) is 0.689. The normalized spacial score (nSPS) is 16.2. The summed E-state index contributed by atoms with van der Waals surface area (Å²) >= 11 is 0. The Morgan fingerprint density at radius 2 is 1.62 bits per heavy atom. The van der Waals surface area contributed by atoms with Crippen LogP contribution in [-0.4, -0.2) is 11.2 Å².